The van der Waals surface area contributed by atoms with Crippen LogP contribution in [0.1, 0.15) is 10.6 Å². The maximum Gasteiger partial charge on any atom is 0.222 e. The third-order valence-electron chi connectivity index (χ3n) is 2.11. The summed E-state index contributed by atoms with van der Waals surface area (Å²) < 4.78 is 4.97. The molecule has 0 aliphatic heterocycles. The summed E-state index contributed by atoms with van der Waals surface area (Å²) in [4.78, 5) is 11.5. The van der Waals surface area contributed by atoms with E-state index in [-0.39, 0.29) is 5.78 Å². The van der Waals surface area contributed by atoms with Gasteiger partial charge in [-0.05, 0) is 24.3 Å². The molecular weight excluding hydrogens is 238 g/mol. The maximum atomic E-state index is 11.5. The molecule has 0 saturated carbocycles. The third-order valence-corrected chi connectivity index (χ3v) is 2.44. The van der Waals surface area contributed by atoms with E-state index >= 15 is 0 Å². The molecule has 0 aliphatic rings. The molecule has 0 atom stereocenters. The molecule has 0 radical (unpaired) electrons. The Balaban J connectivity index is 1.99. The average molecular weight is 248 g/mol. The number of carbonyl (C=O) groups excluding carboxylic acids is 1. The fraction of sp³-hybridized carbons (Fsp3) is 0. The number of para-hydroxylation sites is 1. The van der Waals surface area contributed by atoms with E-state index in [9.17, 15) is 4.79 Å². The highest BCUT2D eigenvalue weighted by atomic mass is 35.5. The van der Waals surface area contributed by atoms with E-state index in [4.69, 9.17) is 16.0 Å². The average Bonchev–Trinajstić information content (AvgIpc) is 2.85. The Bertz CT molecular complexity index is 532. The fourth-order valence-electron chi connectivity index (χ4n) is 1.29. The van der Waals surface area contributed by atoms with Crippen LogP contribution in [0.5, 0.6) is 0 Å². The Morgan fingerprint density at radius 2 is 2.06 bits per heavy atom. The van der Waals surface area contributed by atoms with Crippen molar-refractivity contribution in [3.05, 3.63) is 65.7 Å². The maximum absolute atomic E-state index is 11.5. The highest BCUT2D eigenvalue weighted by Gasteiger charge is 2.03. The predicted molar refractivity (Wildman–Crippen MR) is 67.3 cm³/mol. The third kappa shape index (κ3) is 2.98. The van der Waals surface area contributed by atoms with E-state index in [0.29, 0.717) is 10.8 Å². The monoisotopic (exact) mass is 247 g/mol. The van der Waals surface area contributed by atoms with Crippen molar-refractivity contribution >= 4 is 23.1 Å². The first-order valence-electron chi connectivity index (χ1n) is 5.03. The van der Waals surface area contributed by atoms with Crippen LogP contribution in [0, 0.1) is 0 Å². The van der Waals surface area contributed by atoms with Gasteiger partial charge >= 0.3 is 0 Å². The molecule has 86 valence electrons. The van der Waals surface area contributed by atoms with E-state index in [2.05, 4.69) is 5.32 Å². The number of hydrogen-bond donors (Lipinski definition) is 1. The summed E-state index contributed by atoms with van der Waals surface area (Å²) in [6.45, 7) is 0. The molecule has 1 heterocycles. The van der Waals surface area contributed by atoms with Gasteiger partial charge < -0.3 is 9.73 Å². The topological polar surface area (TPSA) is 42.2 Å². The van der Waals surface area contributed by atoms with Gasteiger partial charge in [-0.1, -0.05) is 23.7 Å². The van der Waals surface area contributed by atoms with Crippen LogP contribution >= 0.6 is 11.6 Å². The first kappa shape index (κ1) is 11.5. The second-order valence-corrected chi connectivity index (χ2v) is 3.71. The van der Waals surface area contributed by atoms with Crippen LogP contribution in [0.4, 0.5) is 5.69 Å². The number of hydrogen-bond acceptors (Lipinski definition) is 3. The molecule has 1 aromatic carbocycles. The van der Waals surface area contributed by atoms with Crippen molar-refractivity contribution in [3.8, 4) is 0 Å². The van der Waals surface area contributed by atoms with Crippen LogP contribution < -0.4 is 5.32 Å². The normalized spacial score (nSPS) is 10.6. The van der Waals surface area contributed by atoms with Crippen LogP contribution in [-0.2, 0) is 0 Å². The Morgan fingerprint density at radius 1 is 1.24 bits per heavy atom. The van der Waals surface area contributed by atoms with Gasteiger partial charge in [-0.25, -0.2) is 0 Å². The van der Waals surface area contributed by atoms with Gasteiger partial charge in [-0.15, -0.1) is 0 Å². The lowest BCUT2D eigenvalue weighted by Gasteiger charge is -2.01. The van der Waals surface area contributed by atoms with Crippen LogP contribution in [0.15, 0.2) is 59.4 Å². The molecule has 2 aromatic rings. The zero-order valence-electron chi connectivity index (χ0n) is 8.89. The van der Waals surface area contributed by atoms with Crippen LogP contribution in [-0.4, -0.2) is 5.78 Å². The first-order valence-corrected chi connectivity index (χ1v) is 5.40. The molecule has 1 N–H and O–H groups in total. The van der Waals surface area contributed by atoms with E-state index in [1.165, 1.54) is 18.5 Å². The number of nitrogens with one attached hydrogen (secondary N) is 1. The van der Waals surface area contributed by atoms with Gasteiger partial charge in [-0.2, -0.15) is 0 Å². The van der Waals surface area contributed by atoms with Crippen molar-refractivity contribution in [2.45, 2.75) is 0 Å². The van der Waals surface area contributed by atoms with E-state index in [0.717, 1.165) is 5.69 Å². The number of anilines is 1. The van der Waals surface area contributed by atoms with Crippen molar-refractivity contribution < 1.29 is 9.21 Å². The SMILES string of the molecule is O=C(/C=C/Nc1ccccc1Cl)c1ccco1. The van der Waals surface area contributed by atoms with Gasteiger partial charge in [0.05, 0.1) is 17.0 Å². The molecule has 3 nitrogen and oxygen atoms in total. The Hall–Kier alpha value is -2.00. The smallest absolute Gasteiger partial charge is 0.222 e. The summed E-state index contributed by atoms with van der Waals surface area (Å²) in [7, 11) is 0. The summed E-state index contributed by atoms with van der Waals surface area (Å²) in [6, 6.07) is 10.6. The zero-order chi connectivity index (χ0) is 12.1. The summed E-state index contributed by atoms with van der Waals surface area (Å²) in [5.74, 6) is 0.108. The van der Waals surface area contributed by atoms with Crippen molar-refractivity contribution in [3.63, 3.8) is 0 Å². The van der Waals surface area contributed by atoms with Crippen molar-refractivity contribution in [1.82, 2.24) is 0 Å². The van der Waals surface area contributed by atoms with E-state index in [1.807, 2.05) is 18.2 Å². The Kier molecular flexibility index (Phi) is 3.62. The molecule has 1 aromatic heterocycles. The molecule has 0 bridgehead atoms. The number of furan rings is 1. The summed E-state index contributed by atoms with van der Waals surface area (Å²) in [5.41, 5.74) is 0.748. The number of ketones is 1. The number of allylic oxidation sites excluding steroid dienone is 1. The van der Waals surface area contributed by atoms with Crippen molar-refractivity contribution in [2.75, 3.05) is 5.32 Å². The Morgan fingerprint density at radius 3 is 2.76 bits per heavy atom. The molecule has 0 saturated heterocycles. The molecule has 17 heavy (non-hydrogen) atoms. The predicted octanol–water partition coefficient (Wildman–Crippen LogP) is 3.74. The summed E-state index contributed by atoms with van der Waals surface area (Å²) >= 11 is 5.94. The second kappa shape index (κ2) is 5.37. The standard InChI is InChI=1S/C13H10ClNO2/c14-10-4-1-2-5-11(10)15-8-7-12(16)13-6-3-9-17-13/h1-9,15H/b8-7+. The number of carbonyl (C=O) groups is 1. The van der Waals surface area contributed by atoms with Crippen molar-refractivity contribution in [2.24, 2.45) is 0 Å². The first-order chi connectivity index (χ1) is 8.27. The molecular formula is C13H10ClNO2. The van der Waals surface area contributed by atoms with E-state index in [1.54, 1.807) is 18.2 Å². The molecule has 2 rings (SSSR count). The highest BCUT2D eigenvalue weighted by Crippen LogP contribution is 2.20. The molecule has 0 fully saturated rings. The second-order valence-electron chi connectivity index (χ2n) is 3.30. The summed E-state index contributed by atoms with van der Waals surface area (Å²) in [5, 5.41) is 3.53. The van der Waals surface area contributed by atoms with Crippen molar-refractivity contribution in [1.29, 1.82) is 0 Å². The van der Waals surface area contributed by atoms with Gasteiger partial charge in [0.2, 0.25) is 5.78 Å². The fourth-order valence-corrected chi connectivity index (χ4v) is 1.48. The molecule has 0 unspecified atom stereocenters. The number of halogens is 1. The quantitative estimate of drug-likeness (QED) is 0.661. The Labute approximate surface area is 104 Å². The molecule has 0 aliphatic carbocycles. The highest BCUT2D eigenvalue weighted by molar-refractivity contribution is 6.33. The number of benzene rings is 1. The van der Waals surface area contributed by atoms with Crippen LogP contribution in [0.3, 0.4) is 0 Å². The minimum Gasteiger partial charge on any atom is -0.461 e. The van der Waals surface area contributed by atoms with Gasteiger partial charge in [0.1, 0.15) is 0 Å². The lowest BCUT2D eigenvalue weighted by molar-refractivity contribution is 0.102. The minimum atomic E-state index is -0.199. The van der Waals surface area contributed by atoms with Gasteiger partial charge in [0.25, 0.3) is 0 Å². The van der Waals surface area contributed by atoms with Gasteiger partial charge in [0, 0.05) is 12.3 Å². The number of rotatable bonds is 4. The molecule has 0 amide bonds. The minimum absolute atomic E-state index is 0.199. The lowest BCUT2D eigenvalue weighted by Crippen LogP contribution is -1.94. The zero-order valence-corrected chi connectivity index (χ0v) is 9.65. The van der Waals surface area contributed by atoms with Gasteiger partial charge in [-0.3, -0.25) is 4.79 Å². The van der Waals surface area contributed by atoms with E-state index < -0.39 is 0 Å². The lowest BCUT2D eigenvalue weighted by atomic mass is 10.3. The largest absolute Gasteiger partial charge is 0.461 e. The van der Waals surface area contributed by atoms with Gasteiger partial charge in [0.15, 0.2) is 5.76 Å². The molecule has 0 spiro atoms. The summed E-state index contributed by atoms with van der Waals surface area (Å²) in [6.07, 6.45) is 4.39. The van der Waals surface area contributed by atoms with Crippen LogP contribution in [0.2, 0.25) is 5.02 Å². The van der Waals surface area contributed by atoms with Crippen LogP contribution in [0.25, 0.3) is 0 Å². The molecule has 4 heteroatoms.